The van der Waals surface area contributed by atoms with E-state index in [9.17, 15) is 4.79 Å². The summed E-state index contributed by atoms with van der Waals surface area (Å²) in [5.41, 5.74) is 2.85. The molecule has 1 aromatic carbocycles. The molecule has 0 saturated carbocycles. The lowest BCUT2D eigenvalue weighted by molar-refractivity contribution is -0.134. The van der Waals surface area contributed by atoms with Crippen molar-refractivity contribution in [1.82, 2.24) is 0 Å². The fraction of sp³-hybridized carbons (Fsp3) is 0.231. The van der Waals surface area contributed by atoms with Crippen LogP contribution in [0.3, 0.4) is 0 Å². The first-order valence-electron chi connectivity index (χ1n) is 5.11. The zero-order valence-corrected chi connectivity index (χ0v) is 10.1. The van der Waals surface area contributed by atoms with Crippen LogP contribution in [0.5, 0.6) is 0 Å². The van der Waals surface area contributed by atoms with Crippen LogP contribution >= 0.6 is 0 Å². The molecule has 0 fully saturated rings. The molecule has 1 rings (SSSR count). The lowest BCUT2D eigenvalue weighted by Gasteiger charge is -2.04. The lowest BCUT2D eigenvalue weighted by atomic mass is 10.0. The Hall–Kier alpha value is -2.10. The van der Waals surface area contributed by atoms with Gasteiger partial charge in [-0.1, -0.05) is 23.4 Å². The summed E-state index contributed by atoms with van der Waals surface area (Å²) in [6, 6.07) is 5.77. The van der Waals surface area contributed by atoms with Crippen LogP contribution in [0.2, 0.25) is 0 Å². The smallest absolute Gasteiger partial charge is 0.330 e. The minimum absolute atomic E-state index is 0.388. The Morgan fingerprint density at radius 3 is 2.76 bits per heavy atom. The molecule has 0 N–H and O–H groups in total. The van der Waals surface area contributed by atoms with E-state index < -0.39 is 0 Å². The average Bonchev–Trinajstić information content (AvgIpc) is 2.34. The lowest BCUT2D eigenvalue weighted by Crippen LogP contribution is -1.95. The molecule has 0 aliphatic carbocycles. The number of hydrogen-bond acceptors (Lipinski definition) is 4. The number of aryl methyl sites for hydroxylation is 1. The summed E-state index contributed by atoms with van der Waals surface area (Å²) in [6.45, 7) is 1.96. The Labute approximate surface area is 101 Å². The van der Waals surface area contributed by atoms with Gasteiger partial charge in [0.25, 0.3) is 0 Å². The number of ether oxygens (including phenoxy) is 1. The second-order valence-electron chi connectivity index (χ2n) is 3.35. The predicted molar refractivity (Wildman–Crippen MR) is 66.8 cm³/mol. The maximum Gasteiger partial charge on any atom is 0.330 e. The molecule has 0 aliphatic heterocycles. The van der Waals surface area contributed by atoms with Crippen molar-refractivity contribution in [3.63, 3.8) is 0 Å². The monoisotopic (exact) mass is 233 g/mol. The maximum absolute atomic E-state index is 11.0. The highest BCUT2D eigenvalue weighted by molar-refractivity contribution is 5.91. The van der Waals surface area contributed by atoms with Gasteiger partial charge in [-0.3, -0.25) is 0 Å². The van der Waals surface area contributed by atoms with Crippen LogP contribution in [0.1, 0.15) is 16.7 Å². The van der Waals surface area contributed by atoms with E-state index in [0.717, 1.165) is 16.7 Å². The van der Waals surface area contributed by atoms with Gasteiger partial charge in [0.15, 0.2) is 0 Å². The average molecular weight is 233 g/mol. The fourth-order valence-electron chi connectivity index (χ4n) is 1.36. The first kappa shape index (κ1) is 13.0. The van der Waals surface area contributed by atoms with Crippen LogP contribution in [0, 0.1) is 6.92 Å². The van der Waals surface area contributed by atoms with Gasteiger partial charge in [-0.05, 0) is 24.1 Å². The van der Waals surface area contributed by atoms with E-state index in [-0.39, 0.29) is 5.97 Å². The van der Waals surface area contributed by atoms with Gasteiger partial charge in [0.1, 0.15) is 7.11 Å². The van der Waals surface area contributed by atoms with E-state index in [1.165, 1.54) is 20.3 Å². The van der Waals surface area contributed by atoms with Gasteiger partial charge >= 0.3 is 5.97 Å². The molecule has 0 aromatic heterocycles. The van der Waals surface area contributed by atoms with E-state index in [1.807, 2.05) is 25.1 Å². The largest absolute Gasteiger partial charge is 0.466 e. The van der Waals surface area contributed by atoms with Crippen molar-refractivity contribution < 1.29 is 14.4 Å². The Morgan fingerprint density at radius 1 is 1.35 bits per heavy atom. The summed E-state index contributed by atoms with van der Waals surface area (Å²) in [6.07, 6.45) is 4.68. The number of benzene rings is 1. The SMILES string of the molecule is CO/N=C/c1c(C)cccc1/C=C/C(=O)OC. The van der Waals surface area contributed by atoms with Gasteiger partial charge in [-0.2, -0.15) is 0 Å². The Morgan fingerprint density at radius 2 is 2.12 bits per heavy atom. The first-order chi connectivity index (χ1) is 8.19. The molecular weight excluding hydrogens is 218 g/mol. The second-order valence-corrected chi connectivity index (χ2v) is 3.35. The summed E-state index contributed by atoms with van der Waals surface area (Å²) in [4.78, 5) is 15.7. The quantitative estimate of drug-likeness (QED) is 0.346. The molecule has 0 heterocycles. The first-order valence-corrected chi connectivity index (χ1v) is 5.11. The van der Waals surface area contributed by atoms with Crippen molar-refractivity contribution >= 4 is 18.3 Å². The maximum atomic E-state index is 11.0. The Balaban J connectivity index is 3.06. The highest BCUT2D eigenvalue weighted by Gasteiger charge is 2.01. The van der Waals surface area contributed by atoms with Gasteiger partial charge in [-0.25, -0.2) is 4.79 Å². The minimum atomic E-state index is -0.388. The molecule has 0 bridgehead atoms. The molecule has 0 amide bonds. The van der Waals surface area contributed by atoms with Crippen LogP contribution in [0.4, 0.5) is 0 Å². The summed E-state index contributed by atoms with van der Waals surface area (Å²) >= 11 is 0. The third-order valence-electron chi connectivity index (χ3n) is 2.25. The number of esters is 1. The molecule has 0 saturated heterocycles. The van der Waals surface area contributed by atoms with Gasteiger partial charge in [0.2, 0.25) is 0 Å². The van der Waals surface area contributed by atoms with Crippen LogP contribution in [0.25, 0.3) is 6.08 Å². The van der Waals surface area contributed by atoms with E-state index in [4.69, 9.17) is 0 Å². The molecule has 1 aromatic rings. The number of oxime groups is 1. The number of carbonyl (C=O) groups excluding carboxylic acids is 1. The summed E-state index contributed by atoms with van der Waals surface area (Å²) in [5.74, 6) is -0.388. The third-order valence-corrected chi connectivity index (χ3v) is 2.25. The fourth-order valence-corrected chi connectivity index (χ4v) is 1.36. The normalized spacial score (nSPS) is 11.0. The molecule has 4 heteroatoms. The third kappa shape index (κ3) is 3.75. The van der Waals surface area contributed by atoms with Crippen molar-refractivity contribution in [3.05, 3.63) is 41.0 Å². The van der Waals surface area contributed by atoms with Gasteiger partial charge in [-0.15, -0.1) is 0 Å². The standard InChI is InChI=1S/C13H15NO3/c1-10-5-4-6-11(7-8-13(15)16-2)12(10)9-14-17-3/h4-9H,1-3H3/b8-7+,14-9+. The number of hydrogen-bond donors (Lipinski definition) is 0. The Bertz CT molecular complexity index is 450. The van der Waals surface area contributed by atoms with E-state index >= 15 is 0 Å². The molecule has 0 unspecified atom stereocenters. The minimum Gasteiger partial charge on any atom is -0.466 e. The van der Waals surface area contributed by atoms with E-state index in [1.54, 1.807) is 12.3 Å². The summed E-state index contributed by atoms with van der Waals surface area (Å²) in [7, 11) is 2.83. The van der Waals surface area contributed by atoms with Gasteiger partial charge in [0.05, 0.1) is 13.3 Å². The van der Waals surface area contributed by atoms with Crippen LogP contribution in [-0.2, 0) is 14.4 Å². The number of methoxy groups -OCH3 is 1. The highest BCUT2D eigenvalue weighted by atomic mass is 16.6. The molecule has 0 radical (unpaired) electrons. The number of rotatable bonds is 4. The van der Waals surface area contributed by atoms with E-state index in [0.29, 0.717) is 0 Å². The Kier molecular flexibility index (Phi) is 4.94. The highest BCUT2D eigenvalue weighted by Crippen LogP contribution is 2.14. The van der Waals surface area contributed by atoms with Crippen molar-refractivity contribution in [3.8, 4) is 0 Å². The van der Waals surface area contributed by atoms with E-state index in [2.05, 4.69) is 14.7 Å². The molecule has 4 nitrogen and oxygen atoms in total. The van der Waals surface area contributed by atoms with Crippen LogP contribution in [0.15, 0.2) is 29.4 Å². The van der Waals surface area contributed by atoms with Crippen molar-refractivity contribution in [1.29, 1.82) is 0 Å². The van der Waals surface area contributed by atoms with Crippen molar-refractivity contribution in [2.75, 3.05) is 14.2 Å². The predicted octanol–water partition coefficient (Wildman–Crippen LogP) is 2.16. The number of nitrogens with zero attached hydrogens (tertiary/aromatic N) is 1. The molecule has 17 heavy (non-hydrogen) atoms. The molecule has 0 aliphatic rings. The topological polar surface area (TPSA) is 47.9 Å². The second kappa shape index (κ2) is 6.48. The van der Waals surface area contributed by atoms with Crippen LogP contribution < -0.4 is 0 Å². The van der Waals surface area contributed by atoms with Crippen molar-refractivity contribution in [2.45, 2.75) is 6.92 Å². The van der Waals surface area contributed by atoms with Gasteiger partial charge < -0.3 is 9.57 Å². The molecular formula is C13H15NO3. The summed E-state index contributed by atoms with van der Waals surface area (Å²) in [5, 5.41) is 3.74. The van der Waals surface area contributed by atoms with Crippen LogP contribution in [-0.4, -0.2) is 26.4 Å². The number of carbonyl (C=O) groups is 1. The zero-order valence-electron chi connectivity index (χ0n) is 10.1. The summed E-state index contributed by atoms with van der Waals surface area (Å²) < 4.78 is 4.54. The zero-order chi connectivity index (χ0) is 12.7. The molecule has 0 atom stereocenters. The van der Waals surface area contributed by atoms with Crippen molar-refractivity contribution in [2.24, 2.45) is 5.16 Å². The molecule has 0 spiro atoms. The molecule has 90 valence electrons. The van der Waals surface area contributed by atoms with Gasteiger partial charge in [0, 0.05) is 11.6 Å².